The fraction of sp³-hybridized carbons (Fsp3) is 0.353. The van der Waals surface area contributed by atoms with Crippen LogP contribution in [0.1, 0.15) is 17.5 Å². The molecule has 1 N–H and O–H groups in total. The van der Waals surface area contributed by atoms with Gasteiger partial charge < -0.3 is 14.6 Å². The van der Waals surface area contributed by atoms with Crippen LogP contribution in [-0.4, -0.2) is 51.9 Å². The van der Waals surface area contributed by atoms with Crippen LogP contribution in [0.4, 0.5) is 10.9 Å². The molecule has 0 saturated carbocycles. The summed E-state index contributed by atoms with van der Waals surface area (Å²) in [6, 6.07) is 5.53. The van der Waals surface area contributed by atoms with Crippen LogP contribution in [0.5, 0.6) is 0 Å². The highest BCUT2D eigenvalue weighted by Gasteiger charge is 2.33. The highest BCUT2D eigenvalue weighted by atomic mass is 32.2. The van der Waals surface area contributed by atoms with Crippen molar-refractivity contribution in [3.8, 4) is 0 Å². The molecule has 0 aromatic carbocycles. The first-order valence-electron chi connectivity index (χ1n) is 8.67. The molecule has 0 aliphatic carbocycles. The van der Waals surface area contributed by atoms with Crippen molar-refractivity contribution in [3.63, 3.8) is 0 Å². The molecule has 1 aliphatic heterocycles. The lowest BCUT2D eigenvalue weighted by molar-refractivity contribution is -0.00492. The monoisotopic (exact) mass is 420 g/mol. The molecule has 1 aliphatic rings. The van der Waals surface area contributed by atoms with Crippen molar-refractivity contribution in [2.75, 3.05) is 25.0 Å². The maximum absolute atomic E-state index is 12.8. The molecule has 3 aromatic heterocycles. The Kier molecular flexibility index (Phi) is 5.15. The number of nitrogens with one attached hydrogen (secondary N) is 1. The number of pyridine rings is 1. The van der Waals surface area contributed by atoms with Crippen LogP contribution >= 0.6 is 11.3 Å². The van der Waals surface area contributed by atoms with E-state index in [-0.39, 0.29) is 18.1 Å². The van der Waals surface area contributed by atoms with Gasteiger partial charge in [0.25, 0.3) is 10.0 Å². The Balaban J connectivity index is 1.52. The number of aryl methyl sites for hydroxylation is 2. The Labute approximate surface area is 167 Å². The number of hydrogen-bond donors (Lipinski definition) is 1. The van der Waals surface area contributed by atoms with Gasteiger partial charge in [0.15, 0.2) is 10.2 Å². The Morgan fingerprint density at radius 1 is 1.32 bits per heavy atom. The molecule has 1 atom stereocenters. The third kappa shape index (κ3) is 3.92. The van der Waals surface area contributed by atoms with E-state index in [2.05, 4.69) is 20.3 Å². The number of aromatic nitrogens is 4. The lowest BCUT2D eigenvalue weighted by Crippen LogP contribution is -2.42. The molecule has 0 radical (unpaired) electrons. The summed E-state index contributed by atoms with van der Waals surface area (Å²) >= 11 is 1.50. The molecule has 3 aromatic rings. The predicted octanol–water partition coefficient (Wildman–Crippen LogP) is 2.09. The molecular formula is C17H20N6O3S2. The van der Waals surface area contributed by atoms with Gasteiger partial charge in [-0.05, 0) is 19.1 Å². The third-order valence-corrected chi connectivity index (χ3v) is 6.90. The lowest BCUT2D eigenvalue weighted by Gasteiger charge is -2.31. The molecule has 0 amide bonds. The topological polar surface area (TPSA) is 102 Å². The first kappa shape index (κ1) is 19.0. The van der Waals surface area contributed by atoms with Gasteiger partial charge in [-0.2, -0.15) is 4.31 Å². The van der Waals surface area contributed by atoms with Crippen molar-refractivity contribution >= 4 is 32.3 Å². The normalized spacial score (nSPS) is 18.3. The third-order valence-electron chi connectivity index (χ3n) is 4.27. The van der Waals surface area contributed by atoms with Crippen molar-refractivity contribution < 1.29 is 13.2 Å². The van der Waals surface area contributed by atoms with Crippen LogP contribution in [0.25, 0.3) is 0 Å². The molecule has 1 fully saturated rings. The van der Waals surface area contributed by atoms with Gasteiger partial charge in [-0.3, -0.25) is 0 Å². The van der Waals surface area contributed by atoms with Crippen LogP contribution in [0.15, 0.2) is 41.1 Å². The fourth-order valence-electron chi connectivity index (χ4n) is 2.90. The lowest BCUT2D eigenvalue weighted by atomic mass is 10.2. The van der Waals surface area contributed by atoms with Gasteiger partial charge in [0, 0.05) is 31.7 Å². The molecule has 1 saturated heterocycles. The summed E-state index contributed by atoms with van der Waals surface area (Å²) in [4.78, 5) is 12.9. The summed E-state index contributed by atoms with van der Waals surface area (Å²) in [6.45, 7) is 2.69. The van der Waals surface area contributed by atoms with Gasteiger partial charge in [-0.25, -0.2) is 23.4 Å². The van der Waals surface area contributed by atoms with E-state index in [0.717, 1.165) is 10.8 Å². The number of morpholine rings is 1. The minimum atomic E-state index is -3.67. The van der Waals surface area contributed by atoms with Gasteiger partial charge in [0.05, 0.1) is 24.3 Å². The highest BCUT2D eigenvalue weighted by Crippen LogP contribution is 2.26. The molecule has 148 valence electrons. The van der Waals surface area contributed by atoms with Crippen molar-refractivity contribution in [1.82, 2.24) is 23.8 Å². The van der Waals surface area contributed by atoms with Gasteiger partial charge >= 0.3 is 0 Å². The SMILES string of the molecule is Cc1csc(Nc2cccc([C@H]3CN(S(=O)(=O)c4cn(C)cn4)CCO3)n2)n1. The smallest absolute Gasteiger partial charge is 0.262 e. The number of ether oxygens (including phenoxy) is 1. The minimum absolute atomic E-state index is 0.0400. The Morgan fingerprint density at radius 3 is 2.89 bits per heavy atom. The van der Waals surface area contributed by atoms with Crippen LogP contribution in [0.2, 0.25) is 0 Å². The van der Waals surface area contributed by atoms with Crippen LogP contribution in [0.3, 0.4) is 0 Å². The first-order valence-corrected chi connectivity index (χ1v) is 11.0. The fourth-order valence-corrected chi connectivity index (χ4v) is 4.98. The van der Waals surface area contributed by atoms with E-state index in [4.69, 9.17) is 4.74 Å². The average Bonchev–Trinajstić information content (AvgIpc) is 3.31. The van der Waals surface area contributed by atoms with Crippen molar-refractivity contribution in [1.29, 1.82) is 0 Å². The summed E-state index contributed by atoms with van der Waals surface area (Å²) in [5.74, 6) is 0.639. The second kappa shape index (κ2) is 7.59. The van der Waals surface area contributed by atoms with E-state index in [9.17, 15) is 8.42 Å². The van der Waals surface area contributed by atoms with E-state index in [1.165, 1.54) is 28.2 Å². The molecule has 0 bridgehead atoms. The Morgan fingerprint density at radius 2 is 2.18 bits per heavy atom. The Hall–Kier alpha value is -2.34. The molecule has 9 nitrogen and oxygen atoms in total. The van der Waals surface area contributed by atoms with E-state index >= 15 is 0 Å². The van der Waals surface area contributed by atoms with Gasteiger partial charge in [0.2, 0.25) is 0 Å². The molecule has 0 spiro atoms. The summed E-state index contributed by atoms with van der Waals surface area (Å²) in [7, 11) is -1.93. The van der Waals surface area contributed by atoms with E-state index in [1.807, 2.05) is 30.5 Å². The van der Waals surface area contributed by atoms with Crippen molar-refractivity contribution in [3.05, 3.63) is 47.5 Å². The quantitative estimate of drug-likeness (QED) is 0.674. The number of sulfonamides is 1. The first-order chi connectivity index (χ1) is 13.4. The van der Waals surface area contributed by atoms with E-state index < -0.39 is 16.1 Å². The summed E-state index contributed by atoms with van der Waals surface area (Å²) in [5.41, 5.74) is 1.61. The number of thiazole rings is 1. The zero-order valence-corrected chi connectivity index (χ0v) is 17.1. The predicted molar refractivity (Wildman–Crippen MR) is 105 cm³/mol. The molecule has 11 heteroatoms. The molecular weight excluding hydrogens is 400 g/mol. The van der Waals surface area contributed by atoms with Crippen LogP contribution < -0.4 is 5.32 Å². The summed E-state index contributed by atoms with van der Waals surface area (Å²) in [6.07, 6.45) is 2.52. The highest BCUT2D eigenvalue weighted by molar-refractivity contribution is 7.89. The minimum Gasteiger partial charge on any atom is -0.369 e. The van der Waals surface area contributed by atoms with Gasteiger partial charge in [-0.15, -0.1) is 11.3 Å². The van der Waals surface area contributed by atoms with Crippen LogP contribution in [0, 0.1) is 6.92 Å². The second-order valence-electron chi connectivity index (χ2n) is 6.47. The molecule has 28 heavy (non-hydrogen) atoms. The van der Waals surface area contributed by atoms with E-state index in [0.29, 0.717) is 18.1 Å². The second-order valence-corrected chi connectivity index (χ2v) is 9.21. The van der Waals surface area contributed by atoms with Gasteiger partial charge in [-0.1, -0.05) is 6.07 Å². The average molecular weight is 421 g/mol. The number of hydrogen-bond acceptors (Lipinski definition) is 8. The zero-order valence-electron chi connectivity index (χ0n) is 15.4. The molecule has 4 rings (SSSR count). The number of imidazole rings is 1. The number of rotatable bonds is 5. The van der Waals surface area contributed by atoms with Crippen LogP contribution in [-0.2, 0) is 21.8 Å². The van der Waals surface area contributed by atoms with E-state index in [1.54, 1.807) is 11.6 Å². The van der Waals surface area contributed by atoms with Crippen molar-refractivity contribution in [2.45, 2.75) is 18.1 Å². The molecule has 0 unspecified atom stereocenters. The summed E-state index contributed by atoms with van der Waals surface area (Å²) < 4.78 is 34.5. The number of anilines is 2. The summed E-state index contributed by atoms with van der Waals surface area (Å²) in [5, 5.41) is 5.92. The number of nitrogens with zero attached hydrogens (tertiary/aromatic N) is 5. The zero-order chi connectivity index (χ0) is 19.7. The van der Waals surface area contributed by atoms with Crippen molar-refractivity contribution in [2.24, 2.45) is 7.05 Å². The molecule has 4 heterocycles. The van der Waals surface area contributed by atoms with Gasteiger partial charge in [0.1, 0.15) is 11.9 Å². The standard InChI is InChI=1S/C17H20N6O3S2/c1-12-10-27-17(19-12)21-15-5-3-4-13(20-15)14-8-23(6-7-26-14)28(24,25)16-9-22(2)11-18-16/h3-5,9-11,14H,6-8H2,1-2H3,(H,19,20,21)/t14-/m1/s1. The maximum Gasteiger partial charge on any atom is 0.262 e. The largest absolute Gasteiger partial charge is 0.369 e. The maximum atomic E-state index is 12.8. The Bertz CT molecular complexity index is 1080.